The molecule has 0 aliphatic carbocycles. The van der Waals surface area contributed by atoms with Gasteiger partial charge in [-0.15, -0.1) is 0 Å². The van der Waals surface area contributed by atoms with Crippen molar-refractivity contribution in [2.75, 3.05) is 0 Å². The highest BCUT2D eigenvalue weighted by Gasteiger charge is 2.39. The van der Waals surface area contributed by atoms with E-state index < -0.39 is 0 Å². The van der Waals surface area contributed by atoms with E-state index in [1.165, 1.54) is 33.5 Å². The zero-order valence-electron chi connectivity index (χ0n) is 20.7. The number of fused-ring (bicyclic) bond motifs is 2. The molecule has 0 spiro atoms. The lowest BCUT2D eigenvalue weighted by Crippen LogP contribution is -2.34. The highest BCUT2D eigenvalue weighted by Crippen LogP contribution is 2.48. The first-order chi connectivity index (χ1) is 14.9. The Balaban J connectivity index is 2.01. The molecule has 3 aromatic carbocycles. The van der Waals surface area contributed by atoms with E-state index in [4.69, 9.17) is 4.98 Å². The number of hydrogen-bond donors (Lipinski definition) is 0. The lowest BCUT2D eigenvalue weighted by molar-refractivity contribution is 0.704. The van der Waals surface area contributed by atoms with Crippen molar-refractivity contribution in [1.82, 2.24) is 9.55 Å². The summed E-state index contributed by atoms with van der Waals surface area (Å²) < 4.78 is 2.45. The van der Waals surface area contributed by atoms with Crippen molar-refractivity contribution in [2.45, 2.75) is 50.6 Å². The van der Waals surface area contributed by atoms with Gasteiger partial charge >= 0.3 is 0 Å². The summed E-state index contributed by atoms with van der Waals surface area (Å²) in [4.78, 5) is 5.18. The first-order valence-electron chi connectivity index (χ1n) is 11.7. The minimum Gasteiger partial charge on any atom is -0.291 e. The summed E-state index contributed by atoms with van der Waals surface area (Å²) >= 11 is 0. The average Bonchev–Trinajstić information content (AvgIpc) is 3.11. The second kappa shape index (κ2) is 6.67. The average molecular weight is 416 g/mol. The lowest BCUT2D eigenvalue weighted by Gasteiger charge is -2.39. The van der Waals surface area contributed by atoms with Crippen LogP contribution < -0.4 is 0 Å². The molecule has 2 heterocycles. The molecule has 5 heteroatoms. The Kier molecular flexibility index (Phi) is 4.41. The molecule has 2 nitrogen and oxygen atoms in total. The van der Waals surface area contributed by atoms with Gasteiger partial charge in [0.2, 0.25) is 0 Å². The van der Waals surface area contributed by atoms with Gasteiger partial charge < -0.3 is 0 Å². The molecule has 5 rings (SSSR count). The predicted octanol–water partition coefficient (Wildman–Crippen LogP) is 3.64. The Morgan fingerprint density at radius 2 is 1.53 bits per heavy atom. The first kappa shape index (κ1) is 21.2. The van der Waals surface area contributed by atoms with Gasteiger partial charge in [-0.1, -0.05) is 89.2 Å². The molecule has 0 fully saturated rings. The largest absolute Gasteiger partial charge is 0.291 e. The minimum atomic E-state index is -0.111. The molecule has 0 radical (unpaired) electrons. The summed E-state index contributed by atoms with van der Waals surface area (Å²) in [6.07, 6.45) is 0. The van der Waals surface area contributed by atoms with E-state index in [0.717, 1.165) is 16.9 Å². The van der Waals surface area contributed by atoms with Crippen molar-refractivity contribution in [3.05, 3.63) is 82.9 Å². The molecule has 0 N–H and O–H groups in total. The zero-order valence-corrected chi connectivity index (χ0v) is 20.7. The maximum atomic E-state index is 5.18. The highest BCUT2D eigenvalue weighted by molar-refractivity contribution is 6.21. The smallest absolute Gasteiger partial charge is 0.145 e. The summed E-state index contributed by atoms with van der Waals surface area (Å²) in [7, 11) is 7.02. The van der Waals surface area contributed by atoms with Crippen LogP contribution in [0.5, 0.6) is 0 Å². The fourth-order valence-electron chi connectivity index (χ4n) is 5.13. The SMILES string of the molecule is BC(C)(C)c1cc(C(B)(C)C)c2c(c1)C(B)(C)c1cccc3nc(-c4ccccc4)n-2c13. The van der Waals surface area contributed by atoms with Crippen LogP contribution in [0.25, 0.3) is 28.1 Å². The quantitative estimate of drug-likeness (QED) is 0.467. The van der Waals surface area contributed by atoms with E-state index >= 15 is 0 Å². The van der Waals surface area contributed by atoms with Gasteiger partial charge in [-0.3, -0.25) is 4.57 Å². The van der Waals surface area contributed by atoms with Gasteiger partial charge in [-0.2, -0.15) is 0 Å². The Bertz CT molecular complexity index is 1350. The Morgan fingerprint density at radius 1 is 0.844 bits per heavy atom. The maximum Gasteiger partial charge on any atom is 0.145 e. The fourth-order valence-corrected chi connectivity index (χ4v) is 5.13. The van der Waals surface area contributed by atoms with Gasteiger partial charge in [-0.25, -0.2) is 4.98 Å². The van der Waals surface area contributed by atoms with Crippen LogP contribution >= 0.6 is 0 Å². The zero-order chi connectivity index (χ0) is 23.1. The molecule has 0 amide bonds. The van der Waals surface area contributed by atoms with Crippen molar-refractivity contribution in [2.24, 2.45) is 0 Å². The summed E-state index contributed by atoms with van der Waals surface area (Å²) in [6.45, 7) is 11.7. The summed E-state index contributed by atoms with van der Waals surface area (Å²) in [5.41, 5.74) is 10.3. The standard InChI is InChI=1S/C27H31B3N2/c1-25(2,28)17-14-19(26(3,4)29)22-20(15-17)27(5,30)18-12-9-13-21-23(18)32(22)24(31-21)16-10-7-6-8-11-16/h6-15H,28-30H2,1-5H3. The molecule has 4 aromatic rings. The van der Waals surface area contributed by atoms with Crippen molar-refractivity contribution in [3.63, 3.8) is 0 Å². The van der Waals surface area contributed by atoms with Crippen LogP contribution in [-0.2, 0) is 15.9 Å². The van der Waals surface area contributed by atoms with E-state index in [9.17, 15) is 0 Å². The minimum absolute atomic E-state index is 0.00173. The van der Waals surface area contributed by atoms with Crippen LogP contribution in [0, 0.1) is 0 Å². The lowest BCUT2D eigenvalue weighted by atomic mass is 9.55. The van der Waals surface area contributed by atoms with Crippen LogP contribution in [0.2, 0.25) is 0 Å². The van der Waals surface area contributed by atoms with Gasteiger partial charge in [0.1, 0.15) is 29.4 Å². The van der Waals surface area contributed by atoms with Crippen LogP contribution in [0.1, 0.15) is 56.9 Å². The van der Waals surface area contributed by atoms with E-state index in [2.05, 4.69) is 123 Å². The third-order valence-corrected chi connectivity index (χ3v) is 7.06. The van der Waals surface area contributed by atoms with Crippen LogP contribution in [0.15, 0.2) is 60.7 Å². The number of benzene rings is 3. The Morgan fingerprint density at radius 3 is 2.16 bits per heavy atom. The fraction of sp³-hybridized carbons (Fsp3) is 0.296. The summed E-state index contributed by atoms with van der Waals surface area (Å²) in [5, 5.41) is -0.0348. The van der Waals surface area contributed by atoms with E-state index in [1.807, 2.05) is 0 Å². The molecular weight excluding hydrogens is 385 g/mol. The molecule has 1 aromatic heterocycles. The van der Waals surface area contributed by atoms with Gasteiger partial charge in [0.25, 0.3) is 0 Å². The summed E-state index contributed by atoms with van der Waals surface area (Å²) in [5.74, 6) is 1.03. The van der Waals surface area contributed by atoms with Crippen molar-refractivity contribution >= 4 is 34.6 Å². The number of imidazole rings is 1. The molecule has 1 atom stereocenters. The number of aromatic nitrogens is 2. The molecule has 0 saturated heterocycles. The third-order valence-electron chi connectivity index (χ3n) is 7.06. The van der Waals surface area contributed by atoms with Crippen LogP contribution in [0.3, 0.4) is 0 Å². The van der Waals surface area contributed by atoms with Crippen LogP contribution in [0.4, 0.5) is 0 Å². The number of rotatable bonds is 3. The van der Waals surface area contributed by atoms with Gasteiger partial charge in [0.15, 0.2) is 0 Å². The highest BCUT2D eigenvalue weighted by atomic mass is 15.1. The van der Waals surface area contributed by atoms with E-state index in [-0.39, 0.29) is 15.9 Å². The second-order valence-corrected chi connectivity index (χ2v) is 11.9. The van der Waals surface area contributed by atoms with Crippen LogP contribution in [-0.4, -0.2) is 33.1 Å². The number of para-hydroxylation sites is 1. The normalized spacial score (nSPS) is 18.0. The summed E-state index contributed by atoms with van der Waals surface area (Å²) in [6, 6.07) is 22.1. The second-order valence-electron chi connectivity index (χ2n) is 11.9. The van der Waals surface area contributed by atoms with Crippen molar-refractivity contribution < 1.29 is 0 Å². The van der Waals surface area contributed by atoms with E-state index in [1.54, 1.807) is 0 Å². The molecule has 1 aliphatic heterocycles. The topological polar surface area (TPSA) is 17.8 Å². The predicted molar refractivity (Wildman–Crippen MR) is 145 cm³/mol. The first-order valence-corrected chi connectivity index (χ1v) is 11.7. The van der Waals surface area contributed by atoms with Crippen molar-refractivity contribution in [1.29, 1.82) is 0 Å². The molecule has 32 heavy (non-hydrogen) atoms. The van der Waals surface area contributed by atoms with Crippen molar-refractivity contribution in [3.8, 4) is 17.1 Å². The molecule has 0 bridgehead atoms. The molecule has 1 aliphatic rings. The Hall–Kier alpha value is -2.68. The molecule has 158 valence electrons. The molecule has 0 saturated carbocycles. The third kappa shape index (κ3) is 3.01. The number of hydrogen-bond acceptors (Lipinski definition) is 1. The van der Waals surface area contributed by atoms with Gasteiger partial charge in [0, 0.05) is 5.56 Å². The Labute approximate surface area is 194 Å². The monoisotopic (exact) mass is 416 g/mol. The molecule has 1 unspecified atom stereocenters. The number of nitrogens with zero attached hydrogens (tertiary/aromatic N) is 2. The van der Waals surface area contributed by atoms with E-state index in [0.29, 0.717) is 0 Å². The maximum absolute atomic E-state index is 5.18. The van der Waals surface area contributed by atoms with Gasteiger partial charge in [0.05, 0.1) is 16.7 Å². The van der Waals surface area contributed by atoms with Gasteiger partial charge in [-0.05, 0) is 44.3 Å². The molecular formula is C27H31B3N2.